The summed E-state index contributed by atoms with van der Waals surface area (Å²) in [5, 5.41) is 21.6. The number of rotatable bonds is 29. The maximum Gasteiger partial charge on any atom is 0.500 e. The van der Waals surface area contributed by atoms with Crippen LogP contribution in [0, 0.1) is 0 Å². The quantitative estimate of drug-likeness (QED) is 0.0935. The molecule has 0 fully saturated rings. The number of nitrogens with zero attached hydrogens (tertiary/aromatic N) is 4. The predicted octanol–water partition coefficient (Wildman–Crippen LogP) is 2.59. The van der Waals surface area contributed by atoms with Gasteiger partial charge >= 0.3 is 17.6 Å². The number of ether oxygens (including phenoxy) is 2. The maximum atomic E-state index is 10.9. The summed E-state index contributed by atoms with van der Waals surface area (Å²) in [6, 6.07) is 11.2. The van der Waals surface area contributed by atoms with Crippen LogP contribution in [0.25, 0.3) is 0 Å². The van der Waals surface area contributed by atoms with Crippen LogP contribution in [0.1, 0.15) is 36.7 Å². The van der Waals surface area contributed by atoms with Crippen molar-refractivity contribution in [1.82, 2.24) is 19.8 Å². The second-order valence-electron chi connectivity index (χ2n) is 11.7. The van der Waals surface area contributed by atoms with Gasteiger partial charge in [0.1, 0.15) is 0 Å². The van der Waals surface area contributed by atoms with E-state index in [1.807, 2.05) is 30.5 Å². The molecule has 14 nitrogen and oxygen atoms in total. The minimum absolute atomic E-state index is 0.196. The SMILES string of the molecule is CCN(Cc1ccnc(CN(Cc2ccccn2)CC(O)COCCC[Si](OC)(OC)OC)c1)CC(O)COCCC[Si](OC)(OC)OC. The third-order valence-electron chi connectivity index (χ3n) is 8.20. The first-order valence-electron chi connectivity index (χ1n) is 16.8. The molecule has 2 heterocycles. The van der Waals surface area contributed by atoms with Crippen molar-refractivity contribution < 1.29 is 46.2 Å². The fourth-order valence-electron chi connectivity index (χ4n) is 5.45. The normalized spacial score (nSPS) is 13.8. The molecule has 0 aromatic carbocycles. The Labute approximate surface area is 295 Å². The van der Waals surface area contributed by atoms with Crippen LogP contribution in [0.5, 0.6) is 0 Å². The molecule has 2 N–H and O–H groups in total. The van der Waals surface area contributed by atoms with E-state index >= 15 is 0 Å². The van der Waals surface area contributed by atoms with Gasteiger partial charge in [0.05, 0.1) is 36.8 Å². The van der Waals surface area contributed by atoms with Crippen LogP contribution in [0.4, 0.5) is 0 Å². The van der Waals surface area contributed by atoms with Crippen LogP contribution in [0.3, 0.4) is 0 Å². The average Bonchev–Trinajstić information content (AvgIpc) is 3.12. The Morgan fingerprint density at radius 3 is 1.65 bits per heavy atom. The van der Waals surface area contributed by atoms with Gasteiger partial charge in [0.15, 0.2) is 0 Å². The third-order valence-corrected chi connectivity index (χ3v) is 13.9. The van der Waals surface area contributed by atoms with Gasteiger partial charge in [0, 0.05) is 113 Å². The van der Waals surface area contributed by atoms with E-state index in [9.17, 15) is 10.2 Å². The van der Waals surface area contributed by atoms with Crippen molar-refractivity contribution in [3.63, 3.8) is 0 Å². The summed E-state index contributed by atoms with van der Waals surface area (Å²) in [6.07, 6.45) is 3.66. The van der Waals surface area contributed by atoms with Gasteiger partial charge in [-0.2, -0.15) is 0 Å². The van der Waals surface area contributed by atoms with Crippen LogP contribution in [-0.4, -0.2) is 149 Å². The van der Waals surface area contributed by atoms with Gasteiger partial charge in [-0.1, -0.05) is 13.0 Å². The van der Waals surface area contributed by atoms with Crippen molar-refractivity contribution in [2.24, 2.45) is 0 Å². The molecule has 2 aromatic rings. The van der Waals surface area contributed by atoms with E-state index in [1.165, 1.54) is 0 Å². The number of aliphatic hydroxyl groups is 2. The molecule has 49 heavy (non-hydrogen) atoms. The first-order chi connectivity index (χ1) is 23.7. The average molecular weight is 729 g/mol. The number of aromatic nitrogens is 2. The van der Waals surface area contributed by atoms with Gasteiger partial charge in [-0.05, 0) is 49.2 Å². The van der Waals surface area contributed by atoms with E-state index in [2.05, 4.69) is 32.8 Å². The summed E-state index contributed by atoms with van der Waals surface area (Å²) in [6.45, 7) is 6.80. The van der Waals surface area contributed by atoms with Crippen LogP contribution in [-0.2, 0) is 55.7 Å². The van der Waals surface area contributed by atoms with E-state index in [0.29, 0.717) is 70.9 Å². The van der Waals surface area contributed by atoms with Gasteiger partial charge in [-0.3, -0.25) is 19.8 Å². The lowest BCUT2D eigenvalue weighted by Gasteiger charge is -2.26. The van der Waals surface area contributed by atoms with Crippen molar-refractivity contribution >= 4 is 17.6 Å². The predicted molar refractivity (Wildman–Crippen MR) is 190 cm³/mol. The smallest absolute Gasteiger partial charge is 0.389 e. The van der Waals surface area contributed by atoms with E-state index < -0.39 is 29.8 Å². The largest absolute Gasteiger partial charge is 0.500 e. The van der Waals surface area contributed by atoms with Gasteiger partial charge in [0.2, 0.25) is 0 Å². The van der Waals surface area contributed by atoms with Crippen LogP contribution >= 0.6 is 0 Å². The van der Waals surface area contributed by atoms with E-state index in [-0.39, 0.29) is 13.2 Å². The zero-order chi connectivity index (χ0) is 36.0. The van der Waals surface area contributed by atoms with E-state index in [0.717, 1.165) is 23.5 Å². The third kappa shape index (κ3) is 16.4. The molecule has 0 aliphatic heterocycles. The first kappa shape index (κ1) is 43.4. The van der Waals surface area contributed by atoms with Gasteiger partial charge in [-0.25, -0.2) is 0 Å². The zero-order valence-corrected chi connectivity index (χ0v) is 32.5. The molecule has 280 valence electrons. The Kier molecular flexibility index (Phi) is 21.7. The molecular formula is C33H60N4O10Si2. The molecule has 0 aliphatic carbocycles. The zero-order valence-electron chi connectivity index (χ0n) is 30.5. The summed E-state index contributed by atoms with van der Waals surface area (Å²) in [5.74, 6) is 0. The second-order valence-corrected chi connectivity index (χ2v) is 17.9. The molecule has 2 unspecified atom stereocenters. The van der Waals surface area contributed by atoms with Crippen molar-refractivity contribution in [3.05, 3.63) is 59.7 Å². The molecule has 0 radical (unpaired) electrons. The van der Waals surface area contributed by atoms with E-state index in [4.69, 9.17) is 36.0 Å². The Morgan fingerprint density at radius 2 is 1.16 bits per heavy atom. The van der Waals surface area contributed by atoms with Crippen molar-refractivity contribution in [1.29, 1.82) is 0 Å². The Balaban J connectivity index is 1.90. The minimum atomic E-state index is -2.65. The maximum absolute atomic E-state index is 10.9. The highest BCUT2D eigenvalue weighted by atomic mass is 28.4. The summed E-state index contributed by atoms with van der Waals surface area (Å²) >= 11 is 0. The number of likely N-dealkylation sites (N-methyl/N-ethyl adjacent to an activating group) is 1. The van der Waals surface area contributed by atoms with Gasteiger partial charge < -0.3 is 46.2 Å². The second kappa shape index (κ2) is 24.4. The lowest BCUT2D eigenvalue weighted by Crippen LogP contribution is -2.42. The van der Waals surface area contributed by atoms with Crippen LogP contribution in [0.15, 0.2) is 42.7 Å². The fourth-order valence-corrected chi connectivity index (χ4v) is 8.82. The van der Waals surface area contributed by atoms with Crippen LogP contribution in [0.2, 0.25) is 12.1 Å². The van der Waals surface area contributed by atoms with Crippen molar-refractivity contribution in [2.45, 2.75) is 63.7 Å². The Bertz CT molecular complexity index is 1110. The highest BCUT2D eigenvalue weighted by Gasteiger charge is 2.37. The van der Waals surface area contributed by atoms with Crippen LogP contribution < -0.4 is 0 Å². The van der Waals surface area contributed by atoms with Crippen molar-refractivity contribution in [2.75, 3.05) is 88.7 Å². The standard InChI is InChI=1S/C33H60N4O10Si2/c1-8-36(25-32(38)27-46-17-11-19-48(40-2,41-3)42-4)22-29-14-16-35-31(21-29)24-37(23-30-13-9-10-15-34-30)26-33(39)28-47-18-12-20-49(43-5,44-6)45-7/h9-10,13-16,21,32-33,38-39H,8,11-12,17-20,22-28H2,1-7H3. The topological polar surface area (TPSA) is 147 Å². The number of hydrogen-bond donors (Lipinski definition) is 2. The number of hydrogen-bond acceptors (Lipinski definition) is 14. The van der Waals surface area contributed by atoms with Crippen molar-refractivity contribution in [3.8, 4) is 0 Å². The number of aliphatic hydroxyl groups excluding tert-OH is 2. The number of pyridine rings is 2. The van der Waals surface area contributed by atoms with E-state index in [1.54, 1.807) is 48.9 Å². The molecule has 0 saturated carbocycles. The highest BCUT2D eigenvalue weighted by Crippen LogP contribution is 2.17. The molecule has 0 amide bonds. The molecule has 0 spiro atoms. The first-order valence-corrected chi connectivity index (χ1v) is 20.7. The Morgan fingerprint density at radius 1 is 0.653 bits per heavy atom. The Hall–Kier alpha value is -1.75. The molecule has 2 aromatic heterocycles. The molecule has 2 rings (SSSR count). The highest BCUT2D eigenvalue weighted by molar-refractivity contribution is 6.60. The molecule has 0 saturated heterocycles. The summed E-state index contributed by atoms with van der Waals surface area (Å²) in [4.78, 5) is 13.4. The summed E-state index contributed by atoms with van der Waals surface area (Å²) in [5.41, 5.74) is 2.87. The lowest BCUT2D eigenvalue weighted by atomic mass is 10.2. The molecule has 16 heteroatoms. The molecule has 0 aliphatic rings. The summed E-state index contributed by atoms with van der Waals surface area (Å²) in [7, 11) is 4.30. The van der Waals surface area contributed by atoms with Gasteiger partial charge in [0.25, 0.3) is 0 Å². The lowest BCUT2D eigenvalue weighted by molar-refractivity contribution is 0.0122. The fraction of sp³-hybridized carbons (Fsp3) is 0.697. The molecule has 2 atom stereocenters. The minimum Gasteiger partial charge on any atom is -0.389 e. The molecule has 0 bridgehead atoms. The summed E-state index contributed by atoms with van der Waals surface area (Å²) < 4.78 is 44.3. The molecular weight excluding hydrogens is 669 g/mol. The van der Waals surface area contributed by atoms with Gasteiger partial charge in [-0.15, -0.1) is 0 Å². The monoisotopic (exact) mass is 728 g/mol.